The molecule has 1 amide bonds. The number of nitrogens with one attached hydrogen (secondary N) is 1. The molecule has 2 rings (SSSR count). The average molecular weight is 250 g/mol. The van der Waals surface area contributed by atoms with E-state index in [1.54, 1.807) is 12.5 Å². The molecule has 100 valence electrons. The van der Waals surface area contributed by atoms with Crippen molar-refractivity contribution in [2.75, 3.05) is 0 Å². The van der Waals surface area contributed by atoms with Crippen LogP contribution in [0.5, 0.6) is 0 Å². The molecule has 1 fully saturated rings. The summed E-state index contributed by atoms with van der Waals surface area (Å²) < 4.78 is 1.91. The second-order valence-corrected chi connectivity index (χ2v) is 5.03. The Bertz CT molecular complexity index is 363. The average Bonchev–Trinajstić information content (AvgIpc) is 2.80. The second-order valence-electron chi connectivity index (χ2n) is 5.03. The van der Waals surface area contributed by atoms with Crippen molar-refractivity contribution in [3.63, 3.8) is 0 Å². The first-order chi connectivity index (χ1) is 8.75. The van der Waals surface area contributed by atoms with Crippen molar-refractivity contribution < 1.29 is 4.79 Å². The predicted octanol–water partition coefficient (Wildman–Crippen LogP) is 1.05. The van der Waals surface area contributed by atoms with Crippen LogP contribution in [0.4, 0.5) is 0 Å². The van der Waals surface area contributed by atoms with Crippen LogP contribution in [-0.2, 0) is 11.3 Å². The fourth-order valence-electron chi connectivity index (χ4n) is 2.44. The van der Waals surface area contributed by atoms with Gasteiger partial charge in [0.25, 0.3) is 0 Å². The van der Waals surface area contributed by atoms with Crippen LogP contribution < -0.4 is 11.1 Å². The van der Waals surface area contributed by atoms with Gasteiger partial charge in [0.1, 0.15) is 0 Å². The van der Waals surface area contributed by atoms with Crippen LogP contribution in [0.2, 0.25) is 0 Å². The number of nitrogens with two attached hydrogens (primary N) is 1. The van der Waals surface area contributed by atoms with Crippen molar-refractivity contribution >= 4 is 5.91 Å². The van der Waals surface area contributed by atoms with Gasteiger partial charge in [-0.15, -0.1) is 0 Å². The lowest BCUT2D eigenvalue weighted by atomic mass is 10.0. The van der Waals surface area contributed by atoms with E-state index in [-0.39, 0.29) is 18.0 Å². The number of amides is 1. The van der Waals surface area contributed by atoms with Crippen LogP contribution in [-0.4, -0.2) is 27.5 Å². The largest absolute Gasteiger partial charge is 0.352 e. The van der Waals surface area contributed by atoms with Crippen LogP contribution in [0.3, 0.4) is 0 Å². The Hall–Kier alpha value is -1.36. The molecule has 0 spiro atoms. The summed E-state index contributed by atoms with van der Waals surface area (Å²) in [6, 6.07) is 0.271. The zero-order valence-electron chi connectivity index (χ0n) is 10.7. The van der Waals surface area contributed by atoms with Crippen molar-refractivity contribution in [3.8, 4) is 0 Å². The molecule has 1 heterocycles. The lowest BCUT2D eigenvalue weighted by Gasteiger charge is -2.22. The summed E-state index contributed by atoms with van der Waals surface area (Å²) >= 11 is 0. The second kappa shape index (κ2) is 6.54. The van der Waals surface area contributed by atoms with Crippen LogP contribution >= 0.6 is 0 Å². The highest BCUT2D eigenvalue weighted by atomic mass is 16.1. The van der Waals surface area contributed by atoms with E-state index in [1.165, 1.54) is 19.3 Å². The number of nitrogens with zero attached hydrogens (tertiary/aromatic N) is 2. The van der Waals surface area contributed by atoms with Gasteiger partial charge in [-0.05, 0) is 12.8 Å². The van der Waals surface area contributed by atoms with Gasteiger partial charge < -0.3 is 15.6 Å². The lowest BCUT2D eigenvalue weighted by molar-refractivity contribution is -0.122. The summed E-state index contributed by atoms with van der Waals surface area (Å²) in [6.07, 6.45) is 11.4. The third-order valence-corrected chi connectivity index (χ3v) is 3.57. The van der Waals surface area contributed by atoms with Crippen LogP contribution in [0.1, 0.15) is 38.5 Å². The highest BCUT2D eigenvalue weighted by molar-refractivity contribution is 5.76. The quantitative estimate of drug-likeness (QED) is 0.784. The monoisotopic (exact) mass is 250 g/mol. The molecule has 18 heavy (non-hydrogen) atoms. The maximum Gasteiger partial charge on any atom is 0.222 e. The fourth-order valence-corrected chi connectivity index (χ4v) is 2.44. The summed E-state index contributed by atoms with van der Waals surface area (Å²) in [5, 5.41) is 3.07. The van der Waals surface area contributed by atoms with Gasteiger partial charge in [-0.1, -0.05) is 19.3 Å². The van der Waals surface area contributed by atoms with Gasteiger partial charge in [0.05, 0.1) is 6.33 Å². The first kappa shape index (κ1) is 13.1. The van der Waals surface area contributed by atoms with Crippen LogP contribution in [0.15, 0.2) is 18.7 Å². The number of aryl methyl sites for hydroxylation is 1. The number of carbonyl (C=O) groups is 1. The van der Waals surface area contributed by atoms with Gasteiger partial charge in [0, 0.05) is 37.4 Å². The summed E-state index contributed by atoms with van der Waals surface area (Å²) in [7, 11) is 0. The molecule has 0 radical (unpaired) electrons. The van der Waals surface area contributed by atoms with Gasteiger partial charge in [-0.3, -0.25) is 4.79 Å². The molecule has 0 bridgehead atoms. The summed E-state index contributed by atoms with van der Waals surface area (Å²) in [5.41, 5.74) is 6.09. The molecule has 1 aliphatic carbocycles. The smallest absolute Gasteiger partial charge is 0.222 e. The molecule has 1 aromatic rings. The highest BCUT2D eigenvalue weighted by Crippen LogP contribution is 2.16. The zero-order valence-corrected chi connectivity index (χ0v) is 10.7. The third-order valence-electron chi connectivity index (χ3n) is 3.57. The lowest BCUT2D eigenvalue weighted by Crippen LogP contribution is -2.47. The Kier molecular flexibility index (Phi) is 4.75. The normalized spacial score (nSPS) is 24.5. The Morgan fingerprint density at radius 3 is 3.00 bits per heavy atom. The van der Waals surface area contributed by atoms with Gasteiger partial charge in [0.15, 0.2) is 0 Å². The number of hydrogen-bond donors (Lipinski definition) is 2. The Balaban J connectivity index is 1.75. The molecule has 3 N–H and O–H groups in total. The summed E-state index contributed by atoms with van der Waals surface area (Å²) in [4.78, 5) is 15.8. The molecule has 5 heteroatoms. The van der Waals surface area contributed by atoms with Crippen LogP contribution in [0.25, 0.3) is 0 Å². The predicted molar refractivity (Wildman–Crippen MR) is 69.8 cm³/mol. The molecule has 5 nitrogen and oxygen atoms in total. The van der Waals surface area contributed by atoms with Crippen molar-refractivity contribution in [1.29, 1.82) is 0 Å². The van der Waals surface area contributed by atoms with Gasteiger partial charge >= 0.3 is 0 Å². The molecule has 2 atom stereocenters. The van der Waals surface area contributed by atoms with E-state index < -0.39 is 0 Å². The van der Waals surface area contributed by atoms with E-state index in [2.05, 4.69) is 10.3 Å². The first-order valence-corrected chi connectivity index (χ1v) is 6.76. The molecular formula is C13H22N4O. The standard InChI is InChI=1S/C13H22N4O/c14-11-4-2-1-3-5-12(11)16-13(18)6-8-17-9-7-15-10-17/h7,9-12H,1-6,8,14H2,(H,16,18). The third kappa shape index (κ3) is 3.84. The highest BCUT2D eigenvalue weighted by Gasteiger charge is 2.21. The van der Waals surface area contributed by atoms with Crippen LogP contribution in [0, 0.1) is 0 Å². The van der Waals surface area contributed by atoms with E-state index >= 15 is 0 Å². The maximum atomic E-state index is 11.9. The molecule has 1 aromatic heterocycles. The Morgan fingerprint density at radius 2 is 2.22 bits per heavy atom. The first-order valence-electron chi connectivity index (χ1n) is 6.76. The molecule has 1 aliphatic rings. The number of aromatic nitrogens is 2. The molecule has 0 aromatic carbocycles. The van der Waals surface area contributed by atoms with Crippen molar-refractivity contribution in [1.82, 2.24) is 14.9 Å². The fraction of sp³-hybridized carbons (Fsp3) is 0.692. The summed E-state index contributed by atoms with van der Waals surface area (Å²) in [5.74, 6) is 0.0889. The minimum absolute atomic E-state index is 0.0889. The van der Waals surface area contributed by atoms with E-state index in [0.717, 1.165) is 12.8 Å². The van der Waals surface area contributed by atoms with E-state index in [4.69, 9.17) is 5.73 Å². The van der Waals surface area contributed by atoms with Gasteiger partial charge in [-0.2, -0.15) is 0 Å². The number of hydrogen-bond acceptors (Lipinski definition) is 3. The number of carbonyl (C=O) groups excluding carboxylic acids is 1. The molecule has 0 aliphatic heterocycles. The minimum atomic E-state index is 0.0889. The van der Waals surface area contributed by atoms with Gasteiger partial charge in [-0.25, -0.2) is 4.98 Å². The number of rotatable bonds is 4. The maximum absolute atomic E-state index is 11.9. The molecule has 0 saturated heterocycles. The number of imidazole rings is 1. The zero-order chi connectivity index (χ0) is 12.8. The SMILES string of the molecule is NC1CCCCCC1NC(=O)CCn1ccnc1. The Morgan fingerprint density at radius 1 is 1.39 bits per heavy atom. The topological polar surface area (TPSA) is 72.9 Å². The van der Waals surface area contributed by atoms with Gasteiger partial charge in [0.2, 0.25) is 5.91 Å². The van der Waals surface area contributed by atoms with E-state index in [9.17, 15) is 4.79 Å². The van der Waals surface area contributed by atoms with Crippen molar-refractivity contribution in [3.05, 3.63) is 18.7 Å². The van der Waals surface area contributed by atoms with E-state index in [1.807, 2.05) is 10.8 Å². The molecule has 1 saturated carbocycles. The van der Waals surface area contributed by atoms with Crippen molar-refractivity contribution in [2.24, 2.45) is 5.73 Å². The minimum Gasteiger partial charge on any atom is -0.352 e. The molecule has 2 unspecified atom stereocenters. The van der Waals surface area contributed by atoms with Crippen molar-refractivity contribution in [2.45, 2.75) is 57.2 Å². The van der Waals surface area contributed by atoms with E-state index in [0.29, 0.717) is 13.0 Å². The Labute approximate surface area is 108 Å². The molecular weight excluding hydrogens is 228 g/mol. The summed E-state index contributed by atoms with van der Waals surface area (Å²) in [6.45, 7) is 0.674.